The maximum absolute atomic E-state index is 12.2. The molecule has 0 aromatic carbocycles. The van der Waals surface area contributed by atoms with E-state index in [9.17, 15) is 4.79 Å². The van der Waals surface area contributed by atoms with Crippen molar-refractivity contribution < 1.29 is 9.53 Å². The Hall–Kier alpha value is -2.98. The molecule has 6 rings (SSSR count). The number of ether oxygens (including phenoxy) is 1. The number of imidazole rings is 1. The number of nitrogens with zero attached hydrogens (tertiary/aromatic N) is 4. The number of halogens is 1. The molecular formula is C23H24BrN7O2. The van der Waals surface area contributed by atoms with Crippen LogP contribution < -0.4 is 16.0 Å². The second-order valence-corrected chi connectivity index (χ2v) is 9.67. The van der Waals surface area contributed by atoms with Gasteiger partial charge in [0, 0.05) is 37.1 Å². The van der Waals surface area contributed by atoms with Crippen LogP contribution in [0.15, 0.2) is 41.2 Å². The minimum absolute atomic E-state index is 0.0556. The zero-order chi connectivity index (χ0) is 22.5. The molecule has 1 amide bonds. The number of fused-ring (bicyclic) bond motifs is 3. The molecule has 3 aromatic rings. The molecule has 4 heterocycles. The van der Waals surface area contributed by atoms with E-state index in [4.69, 9.17) is 15.5 Å². The molecule has 33 heavy (non-hydrogen) atoms. The predicted octanol–water partition coefficient (Wildman–Crippen LogP) is 2.71. The van der Waals surface area contributed by atoms with Gasteiger partial charge in [-0.3, -0.25) is 4.79 Å². The van der Waals surface area contributed by atoms with Crippen LogP contribution in [0, 0.1) is 17.8 Å². The van der Waals surface area contributed by atoms with Gasteiger partial charge in [-0.2, -0.15) is 0 Å². The number of carbonyl (C=O) groups excluding carboxylic acids is 1. The molecule has 4 atom stereocenters. The lowest BCUT2D eigenvalue weighted by Gasteiger charge is -2.28. The second kappa shape index (κ2) is 8.11. The smallest absolute Gasteiger partial charge is 0.223 e. The van der Waals surface area contributed by atoms with Crippen molar-refractivity contribution in [3.63, 3.8) is 0 Å². The lowest BCUT2D eigenvalue weighted by molar-refractivity contribution is -0.122. The SMILES string of the molecule is NC(=O)C1C2C=CC(C2)C1Nc1c(Br)cnc2nc(-c3ccnc(N4CCOCC4)c3)[nH]c12. The summed E-state index contributed by atoms with van der Waals surface area (Å²) in [6.07, 6.45) is 8.81. The molecule has 9 nitrogen and oxygen atoms in total. The van der Waals surface area contributed by atoms with E-state index >= 15 is 0 Å². The molecule has 10 heteroatoms. The van der Waals surface area contributed by atoms with Crippen molar-refractivity contribution in [2.75, 3.05) is 36.5 Å². The molecule has 2 fully saturated rings. The van der Waals surface area contributed by atoms with Gasteiger partial charge < -0.3 is 25.7 Å². The first-order valence-corrected chi connectivity index (χ1v) is 12.0. The average Bonchev–Trinajstić information content (AvgIpc) is 3.56. The number of aromatic nitrogens is 4. The second-order valence-electron chi connectivity index (χ2n) is 8.81. The molecule has 2 bridgehead atoms. The van der Waals surface area contributed by atoms with Crippen LogP contribution in [0.25, 0.3) is 22.6 Å². The summed E-state index contributed by atoms with van der Waals surface area (Å²) in [6, 6.07) is 3.92. The van der Waals surface area contributed by atoms with Crippen molar-refractivity contribution >= 4 is 44.5 Å². The zero-order valence-corrected chi connectivity index (χ0v) is 19.5. The van der Waals surface area contributed by atoms with E-state index in [1.165, 1.54) is 0 Å². The molecule has 1 aliphatic heterocycles. The number of allylic oxidation sites excluding steroid dienone is 1. The van der Waals surface area contributed by atoms with Gasteiger partial charge in [-0.15, -0.1) is 0 Å². The topological polar surface area (TPSA) is 122 Å². The summed E-state index contributed by atoms with van der Waals surface area (Å²) in [5, 5.41) is 3.60. The largest absolute Gasteiger partial charge is 0.378 e. The Balaban J connectivity index is 1.35. The number of primary amides is 1. The fourth-order valence-corrected chi connectivity index (χ4v) is 5.73. The Kier molecular flexibility index (Phi) is 5.06. The number of amides is 1. The van der Waals surface area contributed by atoms with E-state index in [1.54, 1.807) is 12.4 Å². The fourth-order valence-electron chi connectivity index (χ4n) is 5.32. The van der Waals surface area contributed by atoms with Crippen molar-refractivity contribution in [2.24, 2.45) is 23.5 Å². The lowest BCUT2D eigenvalue weighted by atomic mass is 9.88. The third kappa shape index (κ3) is 3.57. The van der Waals surface area contributed by atoms with Crippen LogP contribution in [0.2, 0.25) is 0 Å². The Labute approximate surface area is 199 Å². The number of anilines is 2. The van der Waals surface area contributed by atoms with Gasteiger partial charge in [0.1, 0.15) is 17.2 Å². The first-order chi connectivity index (χ1) is 16.1. The fraction of sp³-hybridized carbons (Fsp3) is 0.391. The van der Waals surface area contributed by atoms with Crippen molar-refractivity contribution in [2.45, 2.75) is 12.5 Å². The standard InChI is InChI=1S/C23H24BrN7O2/c24-15-11-27-23-20(19(15)28-18-13-2-1-12(9-13)17(18)21(25)32)29-22(30-23)14-3-4-26-16(10-14)31-5-7-33-8-6-31/h1-4,10-13,17-18H,5-9H2,(H2,25,32)(H2,27,28,29,30). The summed E-state index contributed by atoms with van der Waals surface area (Å²) in [7, 11) is 0. The number of nitrogens with two attached hydrogens (primary N) is 1. The maximum atomic E-state index is 12.2. The highest BCUT2D eigenvalue weighted by atomic mass is 79.9. The highest BCUT2D eigenvalue weighted by Gasteiger charge is 2.47. The number of morpholine rings is 1. The van der Waals surface area contributed by atoms with Gasteiger partial charge >= 0.3 is 0 Å². The molecule has 170 valence electrons. The molecule has 0 spiro atoms. The van der Waals surface area contributed by atoms with Crippen LogP contribution in [-0.4, -0.2) is 58.2 Å². The van der Waals surface area contributed by atoms with Crippen LogP contribution in [0.5, 0.6) is 0 Å². The van der Waals surface area contributed by atoms with E-state index in [0.717, 1.165) is 52.4 Å². The number of nitrogens with one attached hydrogen (secondary N) is 2. The Morgan fingerprint density at radius 1 is 1.24 bits per heavy atom. The number of H-pyrrole nitrogens is 1. The third-order valence-corrected chi connectivity index (χ3v) is 7.53. The van der Waals surface area contributed by atoms with Crippen LogP contribution >= 0.6 is 15.9 Å². The summed E-state index contributed by atoms with van der Waals surface area (Å²) in [5.74, 6) is 1.61. The normalized spacial score (nSPS) is 26.3. The van der Waals surface area contributed by atoms with Crippen molar-refractivity contribution in [3.05, 3.63) is 41.2 Å². The first kappa shape index (κ1) is 20.6. The lowest BCUT2D eigenvalue weighted by Crippen LogP contribution is -2.41. The van der Waals surface area contributed by atoms with Crippen molar-refractivity contribution in [1.82, 2.24) is 19.9 Å². The number of hydrogen-bond donors (Lipinski definition) is 3. The summed E-state index contributed by atoms with van der Waals surface area (Å²) < 4.78 is 6.26. The molecule has 1 saturated carbocycles. The van der Waals surface area contributed by atoms with E-state index < -0.39 is 0 Å². The van der Waals surface area contributed by atoms with Gasteiger partial charge in [0.25, 0.3) is 0 Å². The van der Waals surface area contributed by atoms with Gasteiger partial charge in [0.05, 0.1) is 29.3 Å². The molecule has 0 radical (unpaired) electrons. The average molecular weight is 510 g/mol. The van der Waals surface area contributed by atoms with Gasteiger partial charge in [-0.05, 0) is 46.3 Å². The number of rotatable bonds is 5. The Morgan fingerprint density at radius 2 is 2.06 bits per heavy atom. The van der Waals surface area contributed by atoms with Gasteiger partial charge in [-0.25, -0.2) is 15.0 Å². The van der Waals surface area contributed by atoms with Crippen LogP contribution in [0.3, 0.4) is 0 Å². The molecule has 3 aliphatic rings. The Bertz CT molecular complexity index is 1250. The van der Waals surface area contributed by atoms with E-state index in [-0.39, 0.29) is 29.7 Å². The molecule has 4 N–H and O–H groups in total. The molecule has 1 saturated heterocycles. The summed E-state index contributed by atoms with van der Waals surface area (Å²) >= 11 is 3.63. The summed E-state index contributed by atoms with van der Waals surface area (Å²) in [6.45, 7) is 3.04. The molecular weight excluding hydrogens is 486 g/mol. The number of pyridine rings is 2. The third-order valence-electron chi connectivity index (χ3n) is 6.93. The number of carbonyl (C=O) groups is 1. The minimum Gasteiger partial charge on any atom is -0.378 e. The highest BCUT2D eigenvalue weighted by Crippen LogP contribution is 2.46. The Morgan fingerprint density at radius 3 is 2.88 bits per heavy atom. The van der Waals surface area contributed by atoms with Gasteiger partial charge in [-0.1, -0.05) is 12.2 Å². The van der Waals surface area contributed by atoms with Crippen molar-refractivity contribution in [3.8, 4) is 11.4 Å². The zero-order valence-electron chi connectivity index (χ0n) is 17.9. The maximum Gasteiger partial charge on any atom is 0.223 e. The summed E-state index contributed by atoms with van der Waals surface area (Å²) in [4.78, 5) is 31.6. The highest BCUT2D eigenvalue weighted by molar-refractivity contribution is 9.10. The van der Waals surface area contributed by atoms with Gasteiger partial charge in [0.15, 0.2) is 5.65 Å². The van der Waals surface area contributed by atoms with E-state index in [1.807, 2.05) is 12.1 Å². The minimum atomic E-state index is -0.261. The molecule has 2 aliphatic carbocycles. The van der Waals surface area contributed by atoms with Crippen LogP contribution in [-0.2, 0) is 9.53 Å². The monoisotopic (exact) mass is 509 g/mol. The number of aromatic amines is 1. The first-order valence-electron chi connectivity index (χ1n) is 11.2. The van der Waals surface area contributed by atoms with E-state index in [0.29, 0.717) is 18.9 Å². The van der Waals surface area contributed by atoms with Crippen molar-refractivity contribution in [1.29, 1.82) is 0 Å². The predicted molar refractivity (Wildman–Crippen MR) is 129 cm³/mol. The molecule has 4 unspecified atom stereocenters. The van der Waals surface area contributed by atoms with Gasteiger partial charge in [0.2, 0.25) is 5.91 Å². The van der Waals surface area contributed by atoms with Crippen LogP contribution in [0.1, 0.15) is 6.42 Å². The van der Waals surface area contributed by atoms with Crippen LogP contribution in [0.4, 0.5) is 11.5 Å². The summed E-state index contributed by atoms with van der Waals surface area (Å²) in [5.41, 5.74) is 8.94. The number of hydrogen-bond acceptors (Lipinski definition) is 7. The molecule has 3 aromatic heterocycles. The quantitative estimate of drug-likeness (QED) is 0.452. The van der Waals surface area contributed by atoms with E-state index in [2.05, 4.69) is 53.3 Å².